The minimum absolute atomic E-state index is 0.188. The lowest BCUT2D eigenvalue weighted by atomic mass is 10.0. The predicted molar refractivity (Wildman–Crippen MR) is 118 cm³/mol. The molecule has 1 fully saturated rings. The second-order valence-corrected chi connectivity index (χ2v) is 7.31. The number of nitrogens with zero attached hydrogens (tertiary/aromatic N) is 2. The summed E-state index contributed by atoms with van der Waals surface area (Å²) in [5.41, 5.74) is 2.32. The van der Waals surface area contributed by atoms with Crippen LogP contribution in [-0.4, -0.2) is 57.9 Å². The van der Waals surface area contributed by atoms with Gasteiger partial charge in [0.05, 0.1) is 26.4 Å². The number of halogens is 1. The van der Waals surface area contributed by atoms with Crippen LogP contribution >= 0.6 is 11.6 Å². The molecular formula is C22H29ClN4O2. The third-order valence-electron chi connectivity index (χ3n) is 5.00. The number of hydrogen-bond acceptors (Lipinski definition) is 4. The Morgan fingerprint density at radius 1 is 1.17 bits per heavy atom. The maximum absolute atomic E-state index is 6.25. The highest BCUT2D eigenvalue weighted by atomic mass is 35.5. The zero-order valence-corrected chi connectivity index (χ0v) is 17.8. The van der Waals surface area contributed by atoms with Gasteiger partial charge in [-0.25, -0.2) is 0 Å². The monoisotopic (exact) mass is 416 g/mol. The molecule has 0 aromatic heterocycles. The van der Waals surface area contributed by atoms with E-state index in [0.717, 1.165) is 55.1 Å². The Labute approximate surface area is 177 Å². The Kier molecular flexibility index (Phi) is 8.16. The molecule has 0 saturated carbocycles. The van der Waals surface area contributed by atoms with E-state index in [-0.39, 0.29) is 6.04 Å². The average molecular weight is 417 g/mol. The van der Waals surface area contributed by atoms with Crippen molar-refractivity contribution in [2.24, 2.45) is 4.99 Å². The van der Waals surface area contributed by atoms with Gasteiger partial charge in [-0.1, -0.05) is 35.9 Å². The van der Waals surface area contributed by atoms with Crippen molar-refractivity contribution >= 4 is 17.6 Å². The molecule has 0 spiro atoms. The Morgan fingerprint density at radius 2 is 1.97 bits per heavy atom. The van der Waals surface area contributed by atoms with Crippen LogP contribution < -0.4 is 15.4 Å². The molecule has 6 nitrogen and oxygen atoms in total. The smallest absolute Gasteiger partial charge is 0.191 e. The van der Waals surface area contributed by atoms with Crippen molar-refractivity contribution < 1.29 is 9.47 Å². The van der Waals surface area contributed by atoms with Crippen LogP contribution in [-0.2, 0) is 11.3 Å². The fourth-order valence-corrected chi connectivity index (χ4v) is 3.64. The van der Waals surface area contributed by atoms with Crippen LogP contribution in [0, 0.1) is 0 Å². The maximum Gasteiger partial charge on any atom is 0.191 e. The van der Waals surface area contributed by atoms with Gasteiger partial charge in [0.15, 0.2) is 5.96 Å². The first-order valence-electron chi connectivity index (χ1n) is 9.84. The van der Waals surface area contributed by atoms with E-state index in [4.69, 9.17) is 21.1 Å². The fraction of sp³-hybridized carbons (Fsp3) is 0.409. The number of ether oxygens (including phenoxy) is 2. The molecule has 2 aromatic carbocycles. The molecule has 1 atom stereocenters. The van der Waals surface area contributed by atoms with Gasteiger partial charge in [0.2, 0.25) is 0 Å². The van der Waals surface area contributed by atoms with Gasteiger partial charge in [0.25, 0.3) is 0 Å². The number of rotatable bonds is 7. The highest BCUT2D eigenvalue weighted by Crippen LogP contribution is 2.24. The molecule has 2 aromatic rings. The quantitative estimate of drug-likeness (QED) is 0.536. The van der Waals surface area contributed by atoms with E-state index in [0.29, 0.717) is 6.54 Å². The Balaban J connectivity index is 1.63. The Morgan fingerprint density at radius 3 is 2.69 bits per heavy atom. The van der Waals surface area contributed by atoms with Crippen LogP contribution in [0.15, 0.2) is 53.5 Å². The van der Waals surface area contributed by atoms with Gasteiger partial charge in [-0.3, -0.25) is 9.89 Å². The molecule has 1 unspecified atom stereocenters. The van der Waals surface area contributed by atoms with Gasteiger partial charge in [-0.05, 0) is 35.4 Å². The second kappa shape index (κ2) is 11.0. The molecule has 0 amide bonds. The summed E-state index contributed by atoms with van der Waals surface area (Å²) in [5, 5.41) is 7.59. The first-order valence-corrected chi connectivity index (χ1v) is 10.2. The van der Waals surface area contributed by atoms with Gasteiger partial charge in [0, 0.05) is 38.2 Å². The molecule has 2 N–H and O–H groups in total. The van der Waals surface area contributed by atoms with Crippen LogP contribution in [0.25, 0.3) is 0 Å². The van der Waals surface area contributed by atoms with E-state index < -0.39 is 0 Å². The highest BCUT2D eigenvalue weighted by molar-refractivity contribution is 6.30. The van der Waals surface area contributed by atoms with Crippen LogP contribution in [0.2, 0.25) is 5.02 Å². The van der Waals surface area contributed by atoms with Crippen molar-refractivity contribution in [1.82, 2.24) is 15.5 Å². The molecule has 1 aliphatic rings. The fourth-order valence-electron chi connectivity index (χ4n) is 3.44. The summed E-state index contributed by atoms with van der Waals surface area (Å²) in [6.45, 7) is 4.68. The SMILES string of the molecule is CN=C(NCc1cccc(OC)c1)NCC(c1cccc(Cl)c1)N1CCOCC1. The summed E-state index contributed by atoms with van der Waals surface area (Å²) < 4.78 is 10.8. The van der Waals surface area contributed by atoms with Gasteiger partial charge in [-0.2, -0.15) is 0 Å². The predicted octanol–water partition coefficient (Wildman–Crippen LogP) is 3.09. The minimum atomic E-state index is 0.188. The molecule has 29 heavy (non-hydrogen) atoms. The van der Waals surface area contributed by atoms with Gasteiger partial charge < -0.3 is 20.1 Å². The van der Waals surface area contributed by atoms with Crippen molar-refractivity contribution in [3.05, 3.63) is 64.7 Å². The standard InChI is InChI=1S/C22H29ClN4O2/c1-24-22(25-15-17-5-3-8-20(13-17)28-2)26-16-21(27-9-11-29-12-10-27)18-6-4-7-19(23)14-18/h3-8,13-14,21H,9-12,15-16H2,1-2H3,(H2,24,25,26). The number of nitrogens with one attached hydrogen (secondary N) is 2. The number of benzene rings is 2. The summed E-state index contributed by atoms with van der Waals surface area (Å²) in [5.74, 6) is 1.61. The summed E-state index contributed by atoms with van der Waals surface area (Å²) in [6.07, 6.45) is 0. The van der Waals surface area contributed by atoms with E-state index in [1.807, 2.05) is 36.4 Å². The highest BCUT2D eigenvalue weighted by Gasteiger charge is 2.23. The lowest BCUT2D eigenvalue weighted by molar-refractivity contribution is 0.0170. The zero-order chi connectivity index (χ0) is 20.5. The number of hydrogen-bond donors (Lipinski definition) is 2. The van der Waals surface area contributed by atoms with Gasteiger partial charge in [0.1, 0.15) is 5.75 Å². The molecule has 0 bridgehead atoms. The summed E-state index contributed by atoms with van der Waals surface area (Å²) in [6, 6.07) is 16.3. The van der Waals surface area contributed by atoms with Crippen LogP contribution in [0.5, 0.6) is 5.75 Å². The number of methoxy groups -OCH3 is 1. The lowest BCUT2D eigenvalue weighted by Crippen LogP contribution is -2.46. The molecule has 1 heterocycles. The molecule has 0 aliphatic carbocycles. The minimum Gasteiger partial charge on any atom is -0.497 e. The summed E-state index contributed by atoms with van der Waals surface area (Å²) in [7, 11) is 3.46. The molecule has 1 saturated heterocycles. The first kappa shape index (κ1) is 21.4. The molecule has 1 aliphatic heterocycles. The molecular weight excluding hydrogens is 388 g/mol. The van der Waals surface area contributed by atoms with E-state index in [1.165, 1.54) is 5.56 Å². The molecule has 3 rings (SSSR count). The van der Waals surface area contributed by atoms with Crippen LogP contribution in [0.1, 0.15) is 17.2 Å². The Bertz CT molecular complexity index is 809. The third-order valence-corrected chi connectivity index (χ3v) is 5.24. The first-order chi connectivity index (χ1) is 14.2. The van der Waals surface area contributed by atoms with E-state index >= 15 is 0 Å². The van der Waals surface area contributed by atoms with Crippen molar-refractivity contribution in [2.45, 2.75) is 12.6 Å². The average Bonchev–Trinajstić information content (AvgIpc) is 2.77. The number of aliphatic imine (C=N–C) groups is 1. The number of guanidine groups is 1. The maximum atomic E-state index is 6.25. The van der Waals surface area contributed by atoms with Gasteiger partial charge in [-0.15, -0.1) is 0 Å². The Hall–Kier alpha value is -2.28. The van der Waals surface area contributed by atoms with Crippen molar-refractivity contribution in [2.75, 3.05) is 47.0 Å². The van der Waals surface area contributed by atoms with E-state index in [2.05, 4.69) is 32.7 Å². The van der Waals surface area contributed by atoms with Crippen molar-refractivity contribution in [1.29, 1.82) is 0 Å². The van der Waals surface area contributed by atoms with E-state index in [1.54, 1.807) is 14.2 Å². The normalized spacial score (nSPS) is 16.3. The van der Waals surface area contributed by atoms with Crippen LogP contribution in [0.3, 0.4) is 0 Å². The largest absolute Gasteiger partial charge is 0.497 e. The summed E-state index contributed by atoms with van der Waals surface area (Å²) in [4.78, 5) is 6.80. The third kappa shape index (κ3) is 6.35. The molecule has 7 heteroatoms. The van der Waals surface area contributed by atoms with Crippen molar-refractivity contribution in [3.63, 3.8) is 0 Å². The molecule has 0 radical (unpaired) electrons. The lowest BCUT2D eigenvalue weighted by Gasteiger charge is -2.35. The summed E-state index contributed by atoms with van der Waals surface area (Å²) >= 11 is 6.25. The molecule has 156 valence electrons. The topological polar surface area (TPSA) is 58.1 Å². The van der Waals surface area contributed by atoms with Crippen molar-refractivity contribution in [3.8, 4) is 5.75 Å². The van der Waals surface area contributed by atoms with E-state index in [9.17, 15) is 0 Å². The number of morpholine rings is 1. The zero-order valence-electron chi connectivity index (χ0n) is 17.0. The second-order valence-electron chi connectivity index (χ2n) is 6.88. The van der Waals surface area contributed by atoms with Gasteiger partial charge >= 0.3 is 0 Å². The van der Waals surface area contributed by atoms with Crippen LogP contribution in [0.4, 0.5) is 0 Å².